The summed E-state index contributed by atoms with van der Waals surface area (Å²) < 4.78 is 0. The smallest absolute Gasteiger partial charge is 0.322 e. The topological polar surface area (TPSA) is 87.4 Å². The molecular weight excluding hydrogens is 408 g/mol. The predicted molar refractivity (Wildman–Crippen MR) is 119 cm³/mol. The van der Waals surface area contributed by atoms with Crippen molar-refractivity contribution in [2.75, 3.05) is 29.9 Å². The van der Waals surface area contributed by atoms with Crippen molar-refractivity contribution in [3.63, 3.8) is 0 Å². The molecule has 1 fully saturated rings. The van der Waals surface area contributed by atoms with Gasteiger partial charge in [0, 0.05) is 13.1 Å². The van der Waals surface area contributed by atoms with Gasteiger partial charge < -0.3 is 16.0 Å². The first-order valence-corrected chi connectivity index (χ1v) is 10.8. The van der Waals surface area contributed by atoms with Crippen molar-refractivity contribution >= 4 is 41.7 Å². The number of nitrogen functional groups attached to an aromatic ring is 1. The zero-order valence-corrected chi connectivity index (χ0v) is 18.2. The van der Waals surface area contributed by atoms with Gasteiger partial charge in [-0.1, -0.05) is 43.0 Å². The van der Waals surface area contributed by atoms with Gasteiger partial charge in [-0.05, 0) is 42.8 Å². The third kappa shape index (κ3) is 5.12. The summed E-state index contributed by atoms with van der Waals surface area (Å²) in [6, 6.07) is 8.35. The summed E-state index contributed by atoms with van der Waals surface area (Å²) in [6.45, 7) is 6.35. The molecule has 0 bridgehead atoms. The van der Waals surface area contributed by atoms with Crippen LogP contribution in [0.15, 0.2) is 29.4 Å². The first-order valence-electron chi connectivity index (χ1n) is 9.77. The minimum Gasteiger partial charge on any atom is -0.382 e. The predicted octanol–water partition coefficient (Wildman–Crippen LogP) is 3.74. The number of amides is 2. The van der Waals surface area contributed by atoms with E-state index in [1.165, 1.54) is 31.5 Å². The lowest BCUT2D eigenvalue weighted by molar-refractivity contribution is 0.202. The number of halogens is 1. The van der Waals surface area contributed by atoms with Crippen LogP contribution in [0.3, 0.4) is 0 Å². The van der Waals surface area contributed by atoms with Crippen molar-refractivity contribution in [2.24, 2.45) is 0 Å². The van der Waals surface area contributed by atoms with E-state index in [0.717, 1.165) is 23.6 Å². The summed E-state index contributed by atoms with van der Waals surface area (Å²) in [5, 5.41) is 3.52. The number of nitrogens with one attached hydrogen (secondary N) is 1. The Bertz CT molecular complexity index is 874. The second-order valence-corrected chi connectivity index (χ2v) is 8.47. The number of likely N-dealkylation sites (tertiary alicyclic amines) is 1. The molecule has 1 saturated heterocycles. The monoisotopic (exact) mass is 434 g/mol. The van der Waals surface area contributed by atoms with Gasteiger partial charge in [0.15, 0.2) is 11.0 Å². The third-order valence-corrected chi connectivity index (χ3v) is 5.82. The number of rotatable bonds is 6. The van der Waals surface area contributed by atoms with E-state index in [2.05, 4.69) is 44.5 Å². The lowest BCUT2D eigenvalue weighted by Gasteiger charge is -2.29. The van der Waals surface area contributed by atoms with Crippen LogP contribution < -0.4 is 11.1 Å². The Hall–Kier alpha value is -2.03. The van der Waals surface area contributed by atoms with Crippen molar-refractivity contribution in [1.29, 1.82) is 0 Å². The molecular formula is C20H27ClN6OS. The number of aromatic nitrogens is 2. The average molecular weight is 435 g/mol. The zero-order valence-electron chi connectivity index (χ0n) is 16.6. The molecule has 2 aliphatic heterocycles. The molecule has 9 heteroatoms. The lowest BCUT2D eigenvalue weighted by atomic mass is 10.1. The molecule has 0 unspecified atom stereocenters. The number of hydrogen-bond donors (Lipinski definition) is 2. The third-order valence-electron chi connectivity index (χ3n) is 5.09. The maximum atomic E-state index is 12.6. The van der Waals surface area contributed by atoms with E-state index in [0.29, 0.717) is 29.8 Å². The number of carbonyl (C=O) groups excluding carboxylic acids is 1. The van der Waals surface area contributed by atoms with Gasteiger partial charge in [-0.25, -0.2) is 14.8 Å². The standard InChI is InChI=1S/C20H26N6OS.ClH/c1-2-28-19-22-16-13-26(20(27)23-17(16)18(21)24-19)12-15-7-5-6-14(10-15)11-25-8-3-4-9-25;/h5-7,10H,2-4,8-9,11-13H2,1H3,(H,23,27)(H2,21,22,24);1H. The van der Waals surface area contributed by atoms with Crippen LogP contribution in [0.25, 0.3) is 0 Å². The van der Waals surface area contributed by atoms with Crippen molar-refractivity contribution in [2.45, 2.75) is 44.6 Å². The van der Waals surface area contributed by atoms with Crippen LogP contribution in [0.5, 0.6) is 0 Å². The summed E-state index contributed by atoms with van der Waals surface area (Å²) in [4.78, 5) is 25.7. The summed E-state index contributed by atoms with van der Waals surface area (Å²) >= 11 is 1.55. The van der Waals surface area contributed by atoms with E-state index in [4.69, 9.17) is 5.73 Å². The molecule has 3 N–H and O–H groups in total. The Kier molecular flexibility index (Phi) is 7.21. The molecule has 2 amide bonds. The summed E-state index contributed by atoms with van der Waals surface area (Å²) in [6.07, 6.45) is 2.58. The van der Waals surface area contributed by atoms with Crippen LogP contribution in [0.4, 0.5) is 16.3 Å². The highest BCUT2D eigenvalue weighted by Crippen LogP contribution is 2.29. The Balaban J connectivity index is 0.00000240. The minimum atomic E-state index is -0.163. The number of anilines is 2. The Morgan fingerprint density at radius 1 is 1.17 bits per heavy atom. The lowest BCUT2D eigenvalue weighted by Crippen LogP contribution is -2.39. The highest BCUT2D eigenvalue weighted by atomic mass is 35.5. The highest BCUT2D eigenvalue weighted by Gasteiger charge is 2.27. The molecule has 0 saturated carbocycles. The van der Waals surface area contributed by atoms with Gasteiger partial charge in [-0.2, -0.15) is 0 Å². The minimum absolute atomic E-state index is 0. The number of carbonyl (C=O) groups is 1. The van der Waals surface area contributed by atoms with Gasteiger partial charge in [-0.15, -0.1) is 12.4 Å². The molecule has 0 atom stereocenters. The van der Waals surface area contributed by atoms with Crippen LogP contribution in [0.2, 0.25) is 0 Å². The van der Waals surface area contributed by atoms with Crippen molar-refractivity contribution in [3.05, 3.63) is 41.1 Å². The van der Waals surface area contributed by atoms with Crippen LogP contribution in [-0.4, -0.2) is 44.6 Å². The molecule has 1 aromatic heterocycles. The van der Waals surface area contributed by atoms with Gasteiger partial charge in [0.2, 0.25) is 0 Å². The second kappa shape index (κ2) is 9.65. The number of nitrogens with zero attached hydrogens (tertiary/aromatic N) is 4. The molecule has 0 aliphatic carbocycles. The molecule has 0 spiro atoms. The van der Waals surface area contributed by atoms with E-state index >= 15 is 0 Å². The Morgan fingerprint density at radius 2 is 1.90 bits per heavy atom. The highest BCUT2D eigenvalue weighted by molar-refractivity contribution is 7.99. The summed E-state index contributed by atoms with van der Waals surface area (Å²) in [5.41, 5.74) is 9.77. The fraction of sp³-hybridized carbons (Fsp3) is 0.450. The van der Waals surface area contributed by atoms with Crippen molar-refractivity contribution < 1.29 is 4.79 Å². The van der Waals surface area contributed by atoms with E-state index < -0.39 is 0 Å². The largest absolute Gasteiger partial charge is 0.382 e. The zero-order chi connectivity index (χ0) is 19.5. The molecule has 1 aromatic carbocycles. The number of benzene rings is 1. The number of nitrogens with two attached hydrogens (primary N) is 1. The Labute approximate surface area is 181 Å². The van der Waals surface area contributed by atoms with Gasteiger partial charge in [-0.3, -0.25) is 4.90 Å². The van der Waals surface area contributed by atoms with Crippen LogP contribution in [0.1, 0.15) is 36.6 Å². The fourth-order valence-corrected chi connectivity index (χ4v) is 4.36. The van der Waals surface area contributed by atoms with Crippen LogP contribution in [0, 0.1) is 0 Å². The van der Waals surface area contributed by atoms with E-state index in [1.807, 2.05) is 6.92 Å². The van der Waals surface area contributed by atoms with E-state index in [1.54, 1.807) is 16.7 Å². The first kappa shape index (κ1) is 21.7. The quantitative estimate of drug-likeness (QED) is 0.532. The molecule has 2 aliphatic rings. The number of urea groups is 1. The van der Waals surface area contributed by atoms with E-state index in [9.17, 15) is 4.79 Å². The second-order valence-electron chi connectivity index (χ2n) is 7.24. The normalized spacial score (nSPS) is 16.3. The van der Waals surface area contributed by atoms with Crippen LogP contribution >= 0.6 is 24.2 Å². The number of thioether (sulfide) groups is 1. The SMILES string of the molecule is CCSc1nc(N)c2c(n1)CN(Cc1cccc(CN3CCCC3)c1)C(=O)N2.Cl. The summed E-state index contributed by atoms with van der Waals surface area (Å²) in [5.74, 6) is 1.21. The number of fused-ring (bicyclic) bond motifs is 1. The van der Waals surface area contributed by atoms with Crippen molar-refractivity contribution in [1.82, 2.24) is 19.8 Å². The van der Waals surface area contributed by atoms with Gasteiger partial charge in [0.05, 0.1) is 12.2 Å². The van der Waals surface area contributed by atoms with Crippen molar-refractivity contribution in [3.8, 4) is 0 Å². The first-order chi connectivity index (χ1) is 13.6. The average Bonchev–Trinajstić information content (AvgIpc) is 3.17. The molecule has 29 heavy (non-hydrogen) atoms. The molecule has 2 aromatic rings. The maximum Gasteiger partial charge on any atom is 0.322 e. The fourth-order valence-electron chi connectivity index (χ4n) is 3.76. The molecule has 7 nitrogen and oxygen atoms in total. The van der Waals surface area contributed by atoms with Gasteiger partial charge in [0.1, 0.15) is 5.69 Å². The van der Waals surface area contributed by atoms with Crippen LogP contribution in [-0.2, 0) is 19.6 Å². The molecule has 156 valence electrons. The maximum absolute atomic E-state index is 12.6. The molecule has 4 rings (SSSR count). The Morgan fingerprint density at radius 3 is 2.62 bits per heavy atom. The molecule has 3 heterocycles. The molecule has 0 radical (unpaired) electrons. The number of hydrogen-bond acceptors (Lipinski definition) is 6. The van der Waals surface area contributed by atoms with Gasteiger partial charge >= 0.3 is 6.03 Å². The van der Waals surface area contributed by atoms with Gasteiger partial charge in [0.25, 0.3) is 0 Å². The summed E-state index contributed by atoms with van der Waals surface area (Å²) in [7, 11) is 0. The van der Waals surface area contributed by atoms with E-state index in [-0.39, 0.29) is 18.4 Å².